The smallest absolute Gasteiger partial charge is 0.124 e. The van der Waals surface area contributed by atoms with Gasteiger partial charge in [0.15, 0.2) is 0 Å². The first-order valence-electron chi connectivity index (χ1n) is 7.58. The van der Waals surface area contributed by atoms with Gasteiger partial charge < -0.3 is 10.1 Å². The van der Waals surface area contributed by atoms with Crippen LogP contribution in [0.3, 0.4) is 0 Å². The minimum atomic E-state index is -0.374. The van der Waals surface area contributed by atoms with Crippen molar-refractivity contribution in [1.29, 1.82) is 5.26 Å². The number of hydrogen-bond donors (Lipinski definition) is 1. The van der Waals surface area contributed by atoms with E-state index in [1.165, 1.54) is 12.1 Å². The van der Waals surface area contributed by atoms with Gasteiger partial charge in [0, 0.05) is 30.9 Å². The van der Waals surface area contributed by atoms with Gasteiger partial charge in [0.1, 0.15) is 11.9 Å². The second-order valence-corrected chi connectivity index (χ2v) is 6.89. The molecule has 2 aliphatic rings. The summed E-state index contributed by atoms with van der Waals surface area (Å²) < 4.78 is 18.7. The predicted octanol–water partition coefficient (Wildman–Crippen LogP) is 2.32. The molecule has 4 nitrogen and oxygen atoms in total. The number of thioether (sulfide) groups is 1. The van der Waals surface area contributed by atoms with Crippen LogP contribution in [0.25, 0.3) is 0 Å². The Morgan fingerprint density at radius 3 is 2.91 bits per heavy atom. The fraction of sp³-hybridized carbons (Fsp3) is 0.562. The molecule has 0 bridgehead atoms. The molecule has 2 aliphatic heterocycles. The van der Waals surface area contributed by atoms with Gasteiger partial charge in [-0.25, -0.2) is 4.39 Å². The zero-order valence-electron chi connectivity index (χ0n) is 12.5. The van der Waals surface area contributed by atoms with Crippen LogP contribution in [0, 0.1) is 17.1 Å². The summed E-state index contributed by atoms with van der Waals surface area (Å²) in [4.78, 5) is 2.51. The summed E-state index contributed by atoms with van der Waals surface area (Å²) in [6, 6.07) is 6.40. The fourth-order valence-corrected chi connectivity index (χ4v) is 4.64. The van der Waals surface area contributed by atoms with Gasteiger partial charge in [-0.15, -0.1) is 0 Å². The average Bonchev–Trinajstić information content (AvgIpc) is 3.04. The molecule has 0 radical (unpaired) electrons. The van der Waals surface area contributed by atoms with E-state index in [-0.39, 0.29) is 11.4 Å². The summed E-state index contributed by atoms with van der Waals surface area (Å²) in [6.45, 7) is 4.26. The van der Waals surface area contributed by atoms with E-state index in [1.54, 1.807) is 6.07 Å². The molecule has 2 saturated heterocycles. The Bertz CT molecular complexity index is 563. The second-order valence-electron chi connectivity index (χ2n) is 5.78. The molecule has 2 heterocycles. The predicted molar refractivity (Wildman–Crippen MR) is 86.7 cm³/mol. The number of anilines is 1. The molecular weight excluding hydrogens is 301 g/mol. The van der Waals surface area contributed by atoms with Gasteiger partial charge in [-0.05, 0) is 30.4 Å². The molecule has 1 aromatic rings. The third-order valence-electron chi connectivity index (χ3n) is 4.47. The largest absolute Gasteiger partial charge is 0.382 e. The Kier molecular flexibility index (Phi) is 4.87. The summed E-state index contributed by atoms with van der Waals surface area (Å²) in [6.07, 6.45) is 1.13. The van der Waals surface area contributed by atoms with Crippen molar-refractivity contribution >= 4 is 17.4 Å². The molecule has 2 fully saturated rings. The van der Waals surface area contributed by atoms with Crippen molar-refractivity contribution < 1.29 is 9.13 Å². The van der Waals surface area contributed by atoms with Crippen molar-refractivity contribution in [2.75, 3.05) is 49.7 Å². The van der Waals surface area contributed by atoms with Crippen molar-refractivity contribution in [2.24, 2.45) is 0 Å². The minimum Gasteiger partial charge on any atom is -0.382 e. The first kappa shape index (κ1) is 15.6. The number of ether oxygens (including phenoxy) is 1. The summed E-state index contributed by atoms with van der Waals surface area (Å²) >= 11 is 1.97. The molecule has 6 heteroatoms. The van der Waals surface area contributed by atoms with Gasteiger partial charge in [0.05, 0.1) is 24.5 Å². The monoisotopic (exact) mass is 321 g/mol. The maximum Gasteiger partial charge on any atom is 0.124 e. The van der Waals surface area contributed by atoms with Crippen LogP contribution in [0.4, 0.5) is 10.1 Å². The number of benzene rings is 1. The number of nitrogens with one attached hydrogen (secondary N) is 1. The van der Waals surface area contributed by atoms with E-state index in [0.717, 1.165) is 50.8 Å². The van der Waals surface area contributed by atoms with E-state index in [1.807, 2.05) is 11.8 Å². The van der Waals surface area contributed by atoms with Gasteiger partial charge >= 0.3 is 0 Å². The van der Waals surface area contributed by atoms with E-state index in [0.29, 0.717) is 11.3 Å². The van der Waals surface area contributed by atoms with Gasteiger partial charge in [0.25, 0.3) is 0 Å². The maximum absolute atomic E-state index is 13.2. The molecule has 0 aromatic heterocycles. The number of nitrogens with zero attached hydrogens (tertiary/aromatic N) is 2. The van der Waals surface area contributed by atoms with Crippen LogP contribution in [0.2, 0.25) is 0 Å². The molecule has 0 unspecified atom stereocenters. The summed E-state index contributed by atoms with van der Waals surface area (Å²) in [5, 5.41) is 12.5. The molecule has 22 heavy (non-hydrogen) atoms. The Balaban J connectivity index is 1.73. The van der Waals surface area contributed by atoms with Crippen LogP contribution in [-0.2, 0) is 4.74 Å². The lowest BCUT2D eigenvalue weighted by atomic mass is 9.95. The molecule has 1 aromatic carbocycles. The third kappa shape index (κ3) is 3.22. The number of morpholine rings is 1. The molecular formula is C16H20FN3OS. The lowest BCUT2D eigenvalue weighted by molar-refractivity contribution is -0.00920. The van der Waals surface area contributed by atoms with Crippen molar-refractivity contribution in [3.63, 3.8) is 0 Å². The fourth-order valence-electron chi connectivity index (χ4n) is 3.16. The Hall–Kier alpha value is -1.29. The molecule has 0 amide bonds. The highest BCUT2D eigenvalue weighted by Crippen LogP contribution is 2.34. The molecule has 1 atom stereocenters. The van der Waals surface area contributed by atoms with E-state index in [2.05, 4.69) is 16.3 Å². The standard InChI is InChI=1S/C16H20FN3OS/c17-14-1-2-15(13(9-14)10-18)19-11-16(3-8-22-12-16)20-4-6-21-7-5-20/h1-2,9,19H,3-8,11-12H2/t16-/m0/s1. The number of nitriles is 1. The normalized spacial score (nSPS) is 25.8. The first-order chi connectivity index (χ1) is 10.7. The molecule has 118 valence electrons. The van der Waals surface area contributed by atoms with Crippen LogP contribution >= 0.6 is 11.8 Å². The van der Waals surface area contributed by atoms with Crippen LogP contribution < -0.4 is 5.32 Å². The number of hydrogen-bond acceptors (Lipinski definition) is 5. The van der Waals surface area contributed by atoms with Gasteiger partial charge in [-0.2, -0.15) is 17.0 Å². The quantitative estimate of drug-likeness (QED) is 0.922. The Morgan fingerprint density at radius 1 is 1.41 bits per heavy atom. The van der Waals surface area contributed by atoms with E-state index in [4.69, 9.17) is 10.00 Å². The highest BCUT2D eigenvalue weighted by Gasteiger charge is 2.40. The Labute approximate surface area is 134 Å². The van der Waals surface area contributed by atoms with Crippen molar-refractivity contribution in [2.45, 2.75) is 12.0 Å². The topological polar surface area (TPSA) is 48.3 Å². The van der Waals surface area contributed by atoms with Crippen molar-refractivity contribution in [3.05, 3.63) is 29.6 Å². The van der Waals surface area contributed by atoms with E-state index in [9.17, 15) is 4.39 Å². The third-order valence-corrected chi connectivity index (χ3v) is 5.71. The average molecular weight is 321 g/mol. The van der Waals surface area contributed by atoms with Crippen LogP contribution in [0.5, 0.6) is 0 Å². The highest BCUT2D eigenvalue weighted by atomic mass is 32.2. The lowest BCUT2D eigenvalue weighted by Gasteiger charge is -2.43. The Morgan fingerprint density at radius 2 is 2.23 bits per heavy atom. The minimum absolute atomic E-state index is 0.107. The van der Waals surface area contributed by atoms with E-state index < -0.39 is 0 Å². The SMILES string of the molecule is N#Cc1cc(F)ccc1NC[C@@]1(N2CCOCC2)CCSC1. The first-order valence-corrected chi connectivity index (χ1v) is 8.73. The summed E-state index contributed by atoms with van der Waals surface area (Å²) in [5.74, 6) is 1.87. The van der Waals surface area contributed by atoms with Gasteiger partial charge in [0.2, 0.25) is 0 Å². The second kappa shape index (κ2) is 6.86. The highest BCUT2D eigenvalue weighted by molar-refractivity contribution is 7.99. The zero-order valence-corrected chi connectivity index (χ0v) is 13.3. The van der Waals surface area contributed by atoms with Crippen molar-refractivity contribution in [3.8, 4) is 6.07 Å². The zero-order chi connectivity index (χ0) is 15.4. The lowest BCUT2D eigenvalue weighted by Crippen LogP contribution is -2.57. The molecule has 0 aliphatic carbocycles. The van der Waals surface area contributed by atoms with Gasteiger partial charge in [-0.1, -0.05) is 0 Å². The van der Waals surface area contributed by atoms with Crippen molar-refractivity contribution in [1.82, 2.24) is 4.90 Å². The molecule has 0 saturated carbocycles. The number of halogens is 1. The van der Waals surface area contributed by atoms with Crippen LogP contribution in [0.15, 0.2) is 18.2 Å². The van der Waals surface area contributed by atoms with Gasteiger partial charge in [-0.3, -0.25) is 4.90 Å². The maximum atomic E-state index is 13.2. The summed E-state index contributed by atoms with van der Waals surface area (Å²) in [7, 11) is 0. The molecule has 0 spiro atoms. The van der Waals surface area contributed by atoms with Crippen LogP contribution in [-0.4, -0.2) is 54.8 Å². The summed E-state index contributed by atoms with van der Waals surface area (Å²) in [5.41, 5.74) is 1.19. The molecule has 1 N–H and O–H groups in total. The molecule has 3 rings (SSSR count). The van der Waals surface area contributed by atoms with E-state index >= 15 is 0 Å². The van der Waals surface area contributed by atoms with Crippen LogP contribution in [0.1, 0.15) is 12.0 Å². The number of rotatable bonds is 4.